The van der Waals surface area contributed by atoms with Crippen molar-refractivity contribution in [1.29, 1.82) is 0 Å². The van der Waals surface area contributed by atoms with Crippen LogP contribution in [0.15, 0.2) is 18.2 Å². The van der Waals surface area contributed by atoms with Crippen molar-refractivity contribution in [2.24, 2.45) is 5.73 Å². The van der Waals surface area contributed by atoms with Gasteiger partial charge >= 0.3 is 6.18 Å². The molecule has 0 atom stereocenters. The first-order chi connectivity index (χ1) is 6.80. The van der Waals surface area contributed by atoms with Crippen LogP contribution >= 0.6 is 0 Å². The lowest BCUT2D eigenvalue weighted by atomic mass is 10.1. The quantitative estimate of drug-likeness (QED) is 0.761. The van der Waals surface area contributed by atoms with Gasteiger partial charge in [0.2, 0.25) is 5.91 Å². The highest BCUT2D eigenvalue weighted by molar-refractivity contribution is 5.76. The molecule has 0 aromatic heterocycles. The van der Waals surface area contributed by atoms with Gasteiger partial charge in [-0.05, 0) is 17.7 Å². The normalized spacial score (nSPS) is 11.5. The van der Waals surface area contributed by atoms with Crippen LogP contribution in [0.3, 0.4) is 0 Å². The van der Waals surface area contributed by atoms with E-state index in [2.05, 4.69) is 0 Å². The highest BCUT2D eigenvalue weighted by atomic mass is 19.4. The number of rotatable bonds is 2. The Bertz CT molecular complexity index is 386. The van der Waals surface area contributed by atoms with Crippen LogP contribution in [-0.4, -0.2) is 5.91 Å². The largest absolute Gasteiger partial charge is 0.416 e. The number of carbonyl (C=O) groups is 1. The van der Waals surface area contributed by atoms with E-state index < -0.39 is 29.9 Å². The molecule has 0 aliphatic rings. The summed E-state index contributed by atoms with van der Waals surface area (Å²) in [5.41, 5.74) is 3.56. The molecule has 0 aliphatic heterocycles. The molecule has 82 valence electrons. The van der Waals surface area contributed by atoms with Gasteiger partial charge in [-0.15, -0.1) is 0 Å². The van der Waals surface area contributed by atoms with Crippen LogP contribution in [0.2, 0.25) is 0 Å². The van der Waals surface area contributed by atoms with Crippen LogP contribution < -0.4 is 5.73 Å². The van der Waals surface area contributed by atoms with Gasteiger partial charge in [0.1, 0.15) is 5.82 Å². The maximum atomic E-state index is 13.0. The molecule has 0 saturated heterocycles. The molecule has 0 unspecified atom stereocenters. The average molecular weight is 221 g/mol. The second-order valence-electron chi connectivity index (χ2n) is 2.95. The van der Waals surface area contributed by atoms with Gasteiger partial charge in [-0.25, -0.2) is 4.39 Å². The van der Waals surface area contributed by atoms with Crippen molar-refractivity contribution in [3.63, 3.8) is 0 Å². The number of benzene rings is 1. The third kappa shape index (κ3) is 2.93. The molecule has 0 fully saturated rings. The lowest BCUT2D eigenvalue weighted by Crippen LogP contribution is -2.15. The maximum Gasteiger partial charge on any atom is 0.416 e. The number of primary amides is 1. The predicted octanol–water partition coefficient (Wildman–Crippen LogP) is 1.87. The molecule has 0 radical (unpaired) electrons. The molecular formula is C9H7F4NO. The number of hydrogen-bond donors (Lipinski definition) is 1. The zero-order valence-electron chi connectivity index (χ0n) is 7.44. The summed E-state index contributed by atoms with van der Waals surface area (Å²) < 4.78 is 49.3. The second-order valence-corrected chi connectivity index (χ2v) is 2.95. The summed E-state index contributed by atoms with van der Waals surface area (Å²) in [5, 5.41) is 0. The van der Waals surface area contributed by atoms with E-state index in [1.165, 1.54) is 0 Å². The van der Waals surface area contributed by atoms with Gasteiger partial charge in [0.25, 0.3) is 0 Å². The Labute approximate surface area is 82.7 Å². The van der Waals surface area contributed by atoms with Crippen molar-refractivity contribution in [2.75, 3.05) is 0 Å². The molecule has 6 heteroatoms. The minimum Gasteiger partial charge on any atom is -0.369 e. The first kappa shape index (κ1) is 11.5. The molecule has 1 aromatic rings. The minimum atomic E-state index is -4.59. The van der Waals surface area contributed by atoms with Crippen molar-refractivity contribution < 1.29 is 22.4 Å². The van der Waals surface area contributed by atoms with Crippen molar-refractivity contribution in [3.8, 4) is 0 Å². The summed E-state index contributed by atoms with van der Waals surface area (Å²) in [7, 11) is 0. The zero-order valence-corrected chi connectivity index (χ0v) is 7.44. The Morgan fingerprint density at radius 3 is 2.33 bits per heavy atom. The first-order valence-electron chi connectivity index (χ1n) is 3.94. The number of hydrogen-bond acceptors (Lipinski definition) is 1. The Morgan fingerprint density at radius 1 is 1.33 bits per heavy atom. The molecule has 0 spiro atoms. The van der Waals surface area contributed by atoms with Gasteiger partial charge in [0, 0.05) is 0 Å². The topological polar surface area (TPSA) is 43.1 Å². The van der Waals surface area contributed by atoms with Crippen LogP contribution in [0.25, 0.3) is 0 Å². The van der Waals surface area contributed by atoms with Crippen molar-refractivity contribution >= 4 is 5.91 Å². The van der Waals surface area contributed by atoms with E-state index in [9.17, 15) is 22.4 Å². The predicted molar refractivity (Wildman–Crippen MR) is 44.3 cm³/mol. The fraction of sp³-hybridized carbons (Fsp3) is 0.222. The molecule has 1 amide bonds. The van der Waals surface area contributed by atoms with E-state index >= 15 is 0 Å². The van der Waals surface area contributed by atoms with Gasteiger partial charge in [0.15, 0.2) is 0 Å². The Kier molecular flexibility index (Phi) is 2.97. The summed E-state index contributed by atoms with van der Waals surface area (Å²) in [6.07, 6.45) is -5.00. The zero-order chi connectivity index (χ0) is 11.6. The molecule has 2 N–H and O–H groups in total. The second kappa shape index (κ2) is 3.88. The summed E-state index contributed by atoms with van der Waals surface area (Å²) >= 11 is 0. The van der Waals surface area contributed by atoms with Crippen LogP contribution in [0.1, 0.15) is 11.1 Å². The van der Waals surface area contributed by atoms with Gasteiger partial charge in [-0.3, -0.25) is 4.79 Å². The highest BCUT2D eigenvalue weighted by Crippen LogP contribution is 2.30. The maximum absolute atomic E-state index is 13.0. The first-order valence-corrected chi connectivity index (χ1v) is 3.94. The number of nitrogens with two attached hydrogens (primary N) is 1. The molecule has 2 nitrogen and oxygen atoms in total. The van der Waals surface area contributed by atoms with Gasteiger partial charge in [-0.2, -0.15) is 13.2 Å². The molecule has 0 bridgehead atoms. The Hall–Kier alpha value is -1.59. The summed E-state index contributed by atoms with van der Waals surface area (Å²) in [6.45, 7) is 0. The summed E-state index contributed by atoms with van der Waals surface area (Å²) in [4.78, 5) is 10.4. The standard InChI is InChI=1S/C9H7F4NO/c10-7-4-6(9(11,12)13)2-1-5(7)3-8(14)15/h1-2,4H,3H2,(H2,14,15). The number of alkyl halides is 3. The monoisotopic (exact) mass is 221 g/mol. The van der Waals surface area contributed by atoms with E-state index in [1.807, 2.05) is 0 Å². The van der Waals surface area contributed by atoms with E-state index in [0.29, 0.717) is 12.1 Å². The lowest BCUT2D eigenvalue weighted by Gasteiger charge is -2.08. The van der Waals surface area contributed by atoms with Gasteiger partial charge in [0.05, 0.1) is 12.0 Å². The SMILES string of the molecule is NC(=O)Cc1ccc(C(F)(F)F)cc1F. The van der Waals surface area contributed by atoms with Crippen molar-refractivity contribution in [3.05, 3.63) is 35.1 Å². The molecule has 0 saturated carbocycles. The molecular weight excluding hydrogens is 214 g/mol. The van der Waals surface area contributed by atoms with Crippen LogP contribution in [-0.2, 0) is 17.4 Å². The van der Waals surface area contributed by atoms with Gasteiger partial charge in [-0.1, -0.05) is 6.07 Å². The smallest absolute Gasteiger partial charge is 0.369 e. The van der Waals surface area contributed by atoms with Crippen LogP contribution in [0, 0.1) is 5.82 Å². The van der Waals surface area contributed by atoms with Crippen molar-refractivity contribution in [1.82, 2.24) is 0 Å². The minimum absolute atomic E-state index is 0.143. The Morgan fingerprint density at radius 2 is 1.93 bits per heavy atom. The lowest BCUT2D eigenvalue weighted by molar-refractivity contribution is -0.137. The van der Waals surface area contributed by atoms with Crippen molar-refractivity contribution in [2.45, 2.75) is 12.6 Å². The number of halogens is 4. The molecule has 0 heterocycles. The number of carbonyl (C=O) groups excluding carboxylic acids is 1. The Balaban J connectivity index is 3.03. The molecule has 15 heavy (non-hydrogen) atoms. The van der Waals surface area contributed by atoms with Crippen LogP contribution in [0.5, 0.6) is 0 Å². The highest BCUT2D eigenvalue weighted by Gasteiger charge is 2.31. The third-order valence-electron chi connectivity index (χ3n) is 1.75. The van der Waals surface area contributed by atoms with Crippen LogP contribution in [0.4, 0.5) is 17.6 Å². The van der Waals surface area contributed by atoms with E-state index in [4.69, 9.17) is 5.73 Å². The molecule has 1 aromatic carbocycles. The molecule has 1 rings (SSSR count). The summed E-state index contributed by atoms with van der Waals surface area (Å²) in [5.74, 6) is -1.88. The average Bonchev–Trinajstić information content (AvgIpc) is 2.05. The third-order valence-corrected chi connectivity index (χ3v) is 1.75. The van der Waals surface area contributed by atoms with Gasteiger partial charge < -0.3 is 5.73 Å². The van der Waals surface area contributed by atoms with E-state index in [1.54, 1.807) is 0 Å². The fourth-order valence-corrected chi connectivity index (χ4v) is 1.05. The van der Waals surface area contributed by atoms with E-state index in [-0.39, 0.29) is 5.56 Å². The number of amides is 1. The molecule has 0 aliphatic carbocycles. The van der Waals surface area contributed by atoms with E-state index in [0.717, 1.165) is 6.07 Å². The fourth-order valence-electron chi connectivity index (χ4n) is 1.05. The summed E-state index contributed by atoms with van der Waals surface area (Å²) in [6, 6.07) is 1.96.